The van der Waals surface area contributed by atoms with Gasteiger partial charge in [-0.15, -0.1) is 0 Å². The van der Waals surface area contributed by atoms with Crippen LogP contribution in [0.3, 0.4) is 0 Å². The average Bonchev–Trinajstić information content (AvgIpc) is 2.39. The molecule has 0 bridgehead atoms. The largest absolute Gasteiger partial charge is 0.329 e. The topological polar surface area (TPSA) is 66.6 Å². The fraction of sp³-hybridized carbons (Fsp3) is 1.00. The van der Waals surface area contributed by atoms with Gasteiger partial charge in [-0.2, -0.15) is 4.31 Å². The van der Waals surface area contributed by atoms with E-state index in [-0.39, 0.29) is 0 Å². The van der Waals surface area contributed by atoms with Crippen molar-refractivity contribution >= 4 is 10.0 Å². The SMILES string of the molecule is CC1CCCC(C(CN)N2CCN(S(C)(=O)=O)CC2)C1. The first-order chi connectivity index (χ1) is 9.41. The summed E-state index contributed by atoms with van der Waals surface area (Å²) in [4.78, 5) is 2.42. The van der Waals surface area contributed by atoms with Crippen LogP contribution < -0.4 is 5.73 Å². The van der Waals surface area contributed by atoms with Gasteiger partial charge in [-0.3, -0.25) is 4.90 Å². The Bertz CT molecular complexity index is 405. The lowest BCUT2D eigenvalue weighted by Crippen LogP contribution is -2.55. The van der Waals surface area contributed by atoms with E-state index in [1.165, 1.54) is 31.9 Å². The molecule has 0 amide bonds. The van der Waals surface area contributed by atoms with Gasteiger partial charge in [0, 0.05) is 38.8 Å². The smallest absolute Gasteiger partial charge is 0.211 e. The number of nitrogens with zero attached hydrogens (tertiary/aromatic N) is 2. The Kier molecular flexibility index (Phi) is 5.45. The molecule has 2 aliphatic rings. The first-order valence-corrected chi connectivity index (χ1v) is 9.66. The molecule has 5 nitrogen and oxygen atoms in total. The van der Waals surface area contributed by atoms with Gasteiger partial charge in [-0.05, 0) is 24.7 Å². The van der Waals surface area contributed by atoms with Crippen LogP contribution >= 0.6 is 0 Å². The van der Waals surface area contributed by atoms with Gasteiger partial charge in [0.15, 0.2) is 0 Å². The summed E-state index contributed by atoms with van der Waals surface area (Å²) in [5.41, 5.74) is 6.03. The van der Waals surface area contributed by atoms with E-state index in [1.54, 1.807) is 4.31 Å². The molecule has 20 heavy (non-hydrogen) atoms. The van der Waals surface area contributed by atoms with Crippen LogP contribution in [0.15, 0.2) is 0 Å². The van der Waals surface area contributed by atoms with E-state index < -0.39 is 10.0 Å². The summed E-state index contributed by atoms with van der Waals surface area (Å²) in [7, 11) is -3.04. The monoisotopic (exact) mass is 303 g/mol. The molecule has 0 aromatic heterocycles. The van der Waals surface area contributed by atoms with E-state index in [1.807, 2.05) is 0 Å². The zero-order valence-electron chi connectivity index (χ0n) is 12.8. The predicted octanol–water partition coefficient (Wildman–Crippen LogP) is 0.717. The van der Waals surface area contributed by atoms with Gasteiger partial charge in [0.1, 0.15) is 0 Å². The van der Waals surface area contributed by atoms with Crippen molar-refractivity contribution in [1.82, 2.24) is 9.21 Å². The molecule has 1 saturated carbocycles. The number of rotatable bonds is 4. The summed E-state index contributed by atoms with van der Waals surface area (Å²) in [5.74, 6) is 1.49. The summed E-state index contributed by atoms with van der Waals surface area (Å²) in [6.07, 6.45) is 6.50. The minimum absolute atomic E-state index is 0.430. The third-order valence-electron chi connectivity index (χ3n) is 4.97. The summed E-state index contributed by atoms with van der Waals surface area (Å²) in [6.45, 7) is 5.88. The molecule has 6 heteroatoms. The summed E-state index contributed by atoms with van der Waals surface area (Å²) >= 11 is 0. The molecule has 2 fully saturated rings. The molecule has 0 aromatic rings. The summed E-state index contributed by atoms with van der Waals surface area (Å²) in [6, 6.07) is 0.430. The second-order valence-corrected chi connectivity index (χ2v) is 8.52. The van der Waals surface area contributed by atoms with Gasteiger partial charge in [0.25, 0.3) is 0 Å². The number of nitrogens with two attached hydrogens (primary N) is 1. The summed E-state index contributed by atoms with van der Waals surface area (Å²) < 4.78 is 24.7. The number of sulfonamides is 1. The first kappa shape index (κ1) is 16.2. The highest BCUT2D eigenvalue weighted by Gasteiger charge is 2.33. The Morgan fingerprint density at radius 1 is 1.20 bits per heavy atom. The Hall–Kier alpha value is -0.170. The normalized spacial score (nSPS) is 32.1. The highest BCUT2D eigenvalue weighted by Crippen LogP contribution is 2.32. The van der Waals surface area contributed by atoms with E-state index in [4.69, 9.17) is 5.73 Å². The second-order valence-electron chi connectivity index (χ2n) is 6.53. The molecule has 1 heterocycles. The quantitative estimate of drug-likeness (QED) is 0.831. The average molecular weight is 303 g/mol. The Labute approximate surface area is 123 Å². The summed E-state index contributed by atoms with van der Waals surface area (Å²) in [5, 5.41) is 0. The van der Waals surface area contributed by atoms with Crippen molar-refractivity contribution in [2.75, 3.05) is 39.0 Å². The molecular weight excluding hydrogens is 274 g/mol. The van der Waals surface area contributed by atoms with Crippen molar-refractivity contribution in [2.45, 2.75) is 38.6 Å². The minimum Gasteiger partial charge on any atom is -0.329 e. The number of piperazine rings is 1. The van der Waals surface area contributed by atoms with E-state index >= 15 is 0 Å². The fourth-order valence-corrected chi connectivity index (χ4v) is 4.66. The van der Waals surface area contributed by atoms with E-state index in [2.05, 4.69) is 11.8 Å². The van der Waals surface area contributed by atoms with Gasteiger partial charge in [0.05, 0.1) is 6.26 Å². The van der Waals surface area contributed by atoms with Crippen LogP contribution in [0.4, 0.5) is 0 Å². The lowest BCUT2D eigenvalue weighted by atomic mass is 9.78. The van der Waals surface area contributed by atoms with Crippen LogP contribution in [0.1, 0.15) is 32.6 Å². The van der Waals surface area contributed by atoms with Crippen molar-refractivity contribution < 1.29 is 8.42 Å². The lowest BCUT2D eigenvalue weighted by molar-refractivity contribution is 0.0782. The number of hydrogen-bond acceptors (Lipinski definition) is 4. The van der Waals surface area contributed by atoms with Crippen molar-refractivity contribution in [3.8, 4) is 0 Å². The molecule has 1 aliphatic carbocycles. The maximum absolute atomic E-state index is 11.6. The first-order valence-electron chi connectivity index (χ1n) is 7.81. The van der Waals surface area contributed by atoms with Gasteiger partial charge in [-0.25, -0.2) is 8.42 Å². The van der Waals surface area contributed by atoms with Crippen LogP contribution in [0.25, 0.3) is 0 Å². The van der Waals surface area contributed by atoms with Crippen molar-refractivity contribution in [1.29, 1.82) is 0 Å². The Morgan fingerprint density at radius 2 is 1.85 bits per heavy atom. The molecule has 3 atom stereocenters. The third-order valence-corrected chi connectivity index (χ3v) is 6.28. The fourth-order valence-electron chi connectivity index (χ4n) is 3.84. The van der Waals surface area contributed by atoms with Gasteiger partial charge >= 0.3 is 0 Å². The van der Waals surface area contributed by atoms with Crippen molar-refractivity contribution in [3.05, 3.63) is 0 Å². The Morgan fingerprint density at radius 3 is 2.35 bits per heavy atom. The van der Waals surface area contributed by atoms with E-state index in [0.29, 0.717) is 31.6 Å². The van der Waals surface area contributed by atoms with Gasteiger partial charge < -0.3 is 5.73 Å². The van der Waals surface area contributed by atoms with E-state index in [0.717, 1.165) is 19.0 Å². The van der Waals surface area contributed by atoms with Crippen LogP contribution in [0.5, 0.6) is 0 Å². The second kappa shape index (κ2) is 6.73. The highest BCUT2D eigenvalue weighted by molar-refractivity contribution is 7.88. The molecule has 118 valence electrons. The maximum Gasteiger partial charge on any atom is 0.211 e. The molecule has 0 spiro atoms. The Balaban J connectivity index is 1.93. The molecule has 3 unspecified atom stereocenters. The molecule has 1 saturated heterocycles. The van der Waals surface area contributed by atoms with Gasteiger partial charge in [-0.1, -0.05) is 19.8 Å². The van der Waals surface area contributed by atoms with Gasteiger partial charge in [0.2, 0.25) is 10.0 Å². The number of hydrogen-bond donors (Lipinski definition) is 1. The van der Waals surface area contributed by atoms with Crippen LogP contribution in [-0.4, -0.2) is 62.6 Å². The van der Waals surface area contributed by atoms with Crippen molar-refractivity contribution in [3.63, 3.8) is 0 Å². The van der Waals surface area contributed by atoms with Crippen LogP contribution in [-0.2, 0) is 10.0 Å². The predicted molar refractivity (Wildman–Crippen MR) is 82.0 cm³/mol. The standard InChI is InChI=1S/C14H29N3O2S/c1-12-4-3-5-13(10-12)14(11-15)16-6-8-17(9-7-16)20(2,18)19/h12-14H,3-11,15H2,1-2H3. The molecule has 0 aromatic carbocycles. The lowest BCUT2D eigenvalue weighted by Gasteiger charge is -2.43. The van der Waals surface area contributed by atoms with E-state index in [9.17, 15) is 8.42 Å². The zero-order chi connectivity index (χ0) is 14.8. The van der Waals surface area contributed by atoms with Crippen LogP contribution in [0.2, 0.25) is 0 Å². The molecule has 2 N–H and O–H groups in total. The van der Waals surface area contributed by atoms with Crippen molar-refractivity contribution in [2.24, 2.45) is 17.6 Å². The molecule has 2 rings (SSSR count). The maximum atomic E-state index is 11.6. The highest BCUT2D eigenvalue weighted by atomic mass is 32.2. The molecule has 0 radical (unpaired) electrons. The molecular formula is C14H29N3O2S. The minimum atomic E-state index is -3.04. The van der Waals surface area contributed by atoms with Crippen LogP contribution in [0, 0.1) is 11.8 Å². The third kappa shape index (κ3) is 3.93. The zero-order valence-corrected chi connectivity index (χ0v) is 13.6. The molecule has 1 aliphatic heterocycles.